The van der Waals surface area contributed by atoms with Gasteiger partial charge in [-0.05, 0) is 45.7 Å². The van der Waals surface area contributed by atoms with Crippen molar-refractivity contribution in [1.29, 1.82) is 0 Å². The molecule has 3 atom stereocenters. The van der Waals surface area contributed by atoms with Crippen LogP contribution in [0.25, 0.3) is 0 Å². The van der Waals surface area contributed by atoms with Crippen molar-refractivity contribution in [2.45, 2.75) is 51.4 Å². The fourth-order valence-electron chi connectivity index (χ4n) is 4.31. The third-order valence-corrected chi connectivity index (χ3v) is 7.72. The van der Waals surface area contributed by atoms with Gasteiger partial charge in [0.2, 0.25) is 11.6 Å². The van der Waals surface area contributed by atoms with E-state index in [1.54, 1.807) is 51.1 Å². The van der Waals surface area contributed by atoms with E-state index < -0.39 is 62.3 Å². The molecule has 0 unspecified atom stereocenters. The van der Waals surface area contributed by atoms with Crippen molar-refractivity contribution in [3.63, 3.8) is 0 Å². The fraction of sp³-hybridized carbons (Fsp3) is 0.423. The maximum atomic E-state index is 13.7. The number of hydrogen-bond acceptors (Lipinski definition) is 8. The summed E-state index contributed by atoms with van der Waals surface area (Å²) in [5, 5.41) is 24.2. The van der Waals surface area contributed by atoms with E-state index in [9.17, 15) is 33.0 Å². The zero-order chi connectivity index (χ0) is 27.8. The van der Waals surface area contributed by atoms with Crippen molar-refractivity contribution in [1.82, 2.24) is 10.2 Å². The molecule has 10 nitrogen and oxygen atoms in total. The van der Waals surface area contributed by atoms with E-state index >= 15 is 0 Å². The van der Waals surface area contributed by atoms with Crippen LogP contribution in [-0.4, -0.2) is 70.1 Å². The summed E-state index contributed by atoms with van der Waals surface area (Å²) in [7, 11) is -3.86. The molecule has 2 aromatic rings. The number of nitrogens with one attached hydrogen (secondary N) is 1. The molecule has 1 saturated heterocycles. The molecule has 37 heavy (non-hydrogen) atoms. The lowest BCUT2D eigenvalue weighted by molar-refractivity contribution is -0.158. The summed E-state index contributed by atoms with van der Waals surface area (Å²) in [4.78, 5) is 41.0. The smallest absolute Gasteiger partial charge is 0.272 e. The Kier molecular flexibility index (Phi) is 7.83. The Bertz CT molecular complexity index is 1300. The summed E-state index contributed by atoms with van der Waals surface area (Å²) in [5.41, 5.74) is 3.48. The Morgan fingerprint density at radius 1 is 1.11 bits per heavy atom. The largest absolute Gasteiger partial charge is 0.508 e. The lowest BCUT2D eigenvalue weighted by atomic mass is 9.81. The van der Waals surface area contributed by atoms with Crippen LogP contribution in [0.4, 0.5) is 0 Å². The second-order valence-corrected chi connectivity index (χ2v) is 12.5. The average molecular weight is 532 g/mol. The lowest BCUT2D eigenvalue weighted by Crippen LogP contribution is -2.64. The van der Waals surface area contributed by atoms with Crippen molar-refractivity contribution in [2.75, 3.05) is 11.6 Å². The Balaban J connectivity index is 2.05. The third kappa shape index (κ3) is 6.35. The van der Waals surface area contributed by atoms with Gasteiger partial charge in [-0.15, -0.1) is 0 Å². The van der Waals surface area contributed by atoms with E-state index in [0.717, 1.165) is 4.90 Å². The number of amides is 2. The van der Waals surface area contributed by atoms with Crippen LogP contribution >= 0.6 is 0 Å². The number of benzene rings is 2. The number of phenols is 1. The average Bonchev–Trinajstić information content (AvgIpc) is 3.13. The zero-order valence-corrected chi connectivity index (χ0v) is 22.1. The number of rotatable bonds is 7. The number of ketones is 1. The second kappa shape index (κ2) is 10.2. The van der Waals surface area contributed by atoms with Crippen LogP contribution in [0.2, 0.25) is 0 Å². The van der Waals surface area contributed by atoms with Crippen LogP contribution in [0.15, 0.2) is 48.5 Å². The minimum Gasteiger partial charge on any atom is -0.508 e. The standard InChI is InChI=1S/C26H33N3O7S/c1-16-18(11-8-12-21(16)30)22(31)19(13-17-9-6-5-7-10-17)26(27,34)24(33)29-15-37(35,36)14-20(29)23(32)28-25(2,3)4/h5-12,19-20,30,34H,13-15,27H2,1-4H3,(H,28,32)/t19-,20+,26+/m1/s1. The number of carbonyl (C=O) groups excluding carboxylic acids is 3. The molecule has 1 aliphatic heterocycles. The van der Waals surface area contributed by atoms with Gasteiger partial charge >= 0.3 is 0 Å². The molecule has 200 valence electrons. The third-order valence-electron chi connectivity index (χ3n) is 6.23. The van der Waals surface area contributed by atoms with E-state index in [0.29, 0.717) is 5.56 Å². The number of nitrogens with two attached hydrogens (primary N) is 1. The molecule has 11 heteroatoms. The van der Waals surface area contributed by atoms with Crippen LogP contribution in [-0.2, 0) is 25.8 Å². The molecule has 1 fully saturated rings. The van der Waals surface area contributed by atoms with Gasteiger partial charge in [0, 0.05) is 16.7 Å². The van der Waals surface area contributed by atoms with E-state index in [2.05, 4.69) is 5.32 Å². The monoisotopic (exact) mass is 531 g/mol. The Morgan fingerprint density at radius 2 is 1.73 bits per heavy atom. The van der Waals surface area contributed by atoms with Gasteiger partial charge in [0.1, 0.15) is 17.7 Å². The second-order valence-electron chi connectivity index (χ2n) is 10.5. The Hall–Kier alpha value is -3.28. The van der Waals surface area contributed by atoms with Crippen molar-refractivity contribution in [3.8, 4) is 5.75 Å². The molecule has 0 saturated carbocycles. The molecule has 5 N–H and O–H groups in total. The van der Waals surface area contributed by atoms with E-state index in [1.807, 2.05) is 0 Å². The number of carbonyl (C=O) groups is 3. The maximum absolute atomic E-state index is 13.7. The summed E-state index contributed by atoms with van der Waals surface area (Å²) in [6, 6.07) is 11.4. The first kappa shape index (κ1) is 28.3. The van der Waals surface area contributed by atoms with Gasteiger partial charge in [0.05, 0.1) is 11.7 Å². The minimum absolute atomic E-state index is 0.0497. The van der Waals surface area contributed by atoms with Gasteiger partial charge < -0.3 is 20.4 Å². The molecule has 3 rings (SSSR count). The predicted octanol–water partition coefficient (Wildman–Crippen LogP) is 0.887. The molecule has 0 aromatic heterocycles. The Labute approximate surface area is 216 Å². The van der Waals surface area contributed by atoms with Crippen molar-refractivity contribution < 1.29 is 33.0 Å². The number of sulfone groups is 1. The van der Waals surface area contributed by atoms with Crippen molar-refractivity contribution >= 4 is 27.4 Å². The highest BCUT2D eigenvalue weighted by atomic mass is 32.2. The van der Waals surface area contributed by atoms with Gasteiger partial charge in [-0.2, -0.15) is 0 Å². The first-order chi connectivity index (χ1) is 17.0. The topological polar surface area (TPSA) is 167 Å². The zero-order valence-electron chi connectivity index (χ0n) is 21.3. The lowest BCUT2D eigenvalue weighted by Gasteiger charge is -2.36. The molecular formula is C26H33N3O7S. The molecule has 0 radical (unpaired) electrons. The maximum Gasteiger partial charge on any atom is 0.272 e. The summed E-state index contributed by atoms with van der Waals surface area (Å²) in [6.07, 6.45) is -0.160. The first-order valence-electron chi connectivity index (χ1n) is 11.7. The quantitative estimate of drug-likeness (QED) is 0.302. The first-order valence-corrected chi connectivity index (χ1v) is 13.6. The molecular weight excluding hydrogens is 498 g/mol. The molecule has 2 aromatic carbocycles. The minimum atomic E-state index is -3.86. The van der Waals surface area contributed by atoms with Crippen LogP contribution in [0.3, 0.4) is 0 Å². The SMILES string of the molecule is Cc1c(O)cccc1C(=O)[C@@H](Cc1ccccc1)[C@](N)(O)C(=O)N1CS(=O)(=O)C[C@H]1C(=O)NC(C)(C)C. The van der Waals surface area contributed by atoms with Crippen molar-refractivity contribution in [3.05, 3.63) is 65.2 Å². The molecule has 0 spiro atoms. The predicted molar refractivity (Wildman–Crippen MR) is 137 cm³/mol. The van der Waals surface area contributed by atoms with Gasteiger partial charge in [-0.1, -0.05) is 42.5 Å². The highest BCUT2D eigenvalue weighted by molar-refractivity contribution is 7.91. The van der Waals surface area contributed by atoms with Gasteiger partial charge in [-0.25, -0.2) is 8.42 Å². The highest BCUT2D eigenvalue weighted by Crippen LogP contribution is 2.30. The van der Waals surface area contributed by atoms with Crippen LogP contribution in [0, 0.1) is 12.8 Å². The van der Waals surface area contributed by atoms with Gasteiger partial charge in [0.25, 0.3) is 5.91 Å². The molecule has 0 bridgehead atoms. The number of phenolic OH excluding ortho intramolecular Hbond substituents is 1. The van der Waals surface area contributed by atoms with E-state index in [1.165, 1.54) is 25.1 Å². The fourth-order valence-corrected chi connectivity index (χ4v) is 5.95. The van der Waals surface area contributed by atoms with Crippen LogP contribution in [0.1, 0.15) is 42.3 Å². The molecule has 2 amide bonds. The van der Waals surface area contributed by atoms with Gasteiger partial charge in [-0.3, -0.25) is 20.1 Å². The number of hydrogen-bond donors (Lipinski definition) is 4. The van der Waals surface area contributed by atoms with Crippen molar-refractivity contribution in [2.24, 2.45) is 11.7 Å². The van der Waals surface area contributed by atoms with E-state index in [4.69, 9.17) is 5.73 Å². The Morgan fingerprint density at radius 3 is 2.32 bits per heavy atom. The molecule has 1 aliphatic rings. The number of Topliss-reactive ketones (excluding diaryl/α,β-unsaturated/α-hetero) is 1. The summed E-state index contributed by atoms with van der Waals surface area (Å²) < 4.78 is 24.9. The van der Waals surface area contributed by atoms with Crippen LogP contribution < -0.4 is 11.1 Å². The van der Waals surface area contributed by atoms with Gasteiger partial charge in [0.15, 0.2) is 15.6 Å². The summed E-state index contributed by atoms with van der Waals surface area (Å²) in [5.74, 6) is -5.86. The van der Waals surface area contributed by atoms with E-state index in [-0.39, 0.29) is 23.3 Å². The molecule has 0 aliphatic carbocycles. The summed E-state index contributed by atoms with van der Waals surface area (Å²) in [6.45, 7) is 6.61. The van der Waals surface area contributed by atoms with Crippen LogP contribution in [0.5, 0.6) is 5.75 Å². The molecule has 1 heterocycles. The summed E-state index contributed by atoms with van der Waals surface area (Å²) >= 11 is 0. The number of aromatic hydroxyl groups is 1. The number of nitrogens with zero attached hydrogens (tertiary/aromatic N) is 1. The highest BCUT2D eigenvalue weighted by Gasteiger charge is 2.53. The number of aliphatic hydroxyl groups is 1. The normalized spacial score (nSPS) is 19.6.